The van der Waals surface area contributed by atoms with Crippen LogP contribution >= 0.6 is 0 Å². The molecule has 0 saturated heterocycles. The fourth-order valence-electron chi connectivity index (χ4n) is 1.43. The van der Waals surface area contributed by atoms with Crippen molar-refractivity contribution >= 4 is 12.2 Å². The molecule has 0 radical (unpaired) electrons. The maximum absolute atomic E-state index is 4.44. The van der Waals surface area contributed by atoms with Gasteiger partial charge >= 0.3 is 0 Å². The molecule has 0 saturated carbocycles. The summed E-state index contributed by atoms with van der Waals surface area (Å²) in [6, 6.07) is 2.06. The zero-order valence-electron chi connectivity index (χ0n) is 8.75. The van der Waals surface area contributed by atoms with E-state index in [1.54, 1.807) is 6.08 Å². The van der Waals surface area contributed by atoms with E-state index in [1.165, 1.54) is 5.56 Å². The molecule has 1 nitrogen and oxygen atoms in total. The van der Waals surface area contributed by atoms with Gasteiger partial charge in [0.15, 0.2) is 0 Å². The van der Waals surface area contributed by atoms with Crippen molar-refractivity contribution in [3.8, 4) is 0 Å². The number of hydrogen-bond donors (Lipinski definition) is 0. The zero-order chi connectivity index (χ0) is 10.6. The normalized spacial score (nSPS) is 10.4. The van der Waals surface area contributed by atoms with Crippen LogP contribution < -0.4 is 0 Å². The Balaban J connectivity index is 3.31. The van der Waals surface area contributed by atoms with Crippen LogP contribution in [0.3, 0.4) is 0 Å². The van der Waals surface area contributed by atoms with Crippen molar-refractivity contribution < 1.29 is 0 Å². The summed E-state index contributed by atoms with van der Waals surface area (Å²) in [4.78, 5) is 4.44. The lowest BCUT2D eigenvalue weighted by Gasteiger charge is -2.05. The molecule has 72 valence electrons. The van der Waals surface area contributed by atoms with E-state index >= 15 is 0 Å². The van der Waals surface area contributed by atoms with Crippen LogP contribution in [0.1, 0.15) is 22.5 Å². The standard InChI is InChI=1S/C13H15N/c1-5-7-8-13-12(6-2)10(3)9-11(4)14-13/h5-9H,1-2H2,3-4H3/b8-7-. The van der Waals surface area contributed by atoms with Crippen molar-refractivity contribution in [2.75, 3.05) is 0 Å². The summed E-state index contributed by atoms with van der Waals surface area (Å²) in [5.41, 5.74) is 4.28. The van der Waals surface area contributed by atoms with Crippen LogP contribution in [0.15, 0.2) is 31.4 Å². The lowest BCUT2D eigenvalue weighted by molar-refractivity contribution is 1.15. The summed E-state index contributed by atoms with van der Waals surface area (Å²) in [6.07, 6.45) is 7.41. The first-order valence-electron chi connectivity index (χ1n) is 4.59. The van der Waals surface area contributed by atoms with E-state index in [9.17, 15) is 0 Å². The van der Waals surface area contributed by atoms with E-state index in [1.807, 2.05) is 25.2 Å². The first-order valence-corrected chi connectivity index (χ1v) is 4.59. The second kappa shape index (κ2) is 4.56. The monoisotopic (exact) mass is 185 g/mol. The van der Waals surface area contributed by atoms with E-state index in [0.717, 1.165) is 17.0 Å². The minimum atomic E-state index is 0.956. The van der Waals surface area contributed by atoms with Gasteiger partial charge in [0.05, 0.1) is 5.69 Å². The summed E-state index contributed by atoms with van der Waals surface area (Å²) >= 11 is 0. The summed E-state index contributed by atoms with van der Waals surface area (Å²) < 4.78 is 0. The molecule has 1 aromatic rings. The maximum Gasteiger partial charge on any atom is 0.0707 e. The van der Waals surface area contributed by atoms with Gasteiger partial charge in [-0.3, -0.25) is 4.98 Å². The molecule has 0 aliphatic rings. The predicted molar refractivity (Wildman–Crippen MR) is 63.0 cm³/mol. The molecule has 1 heterocycles. The molecular weight excluding hydrogens is 170 g/mol. The molecule has 0 spiro atoms. The summed E-state index contributed by atoms with van der Waals surface area (Å²) in [6.45, 7) is 11.5. The van der Waals surface area contributed by atoms with Gasteiger partial charge < -0.3 is 0 Å². The lowest BCUT2D eigenvalue weighted by Crippen LogP contribution is -1.93. The first kappa shape index (κ1) is 10.5. The molecule has 1 rings (SSSR count). The Bertz CT molecular complexity index is 386. The van der Waals surface area contributed by atoms with Gasteiger partial charge in [-0.1, -0.05) is 31.4 Å². The van der Waals surface area contributed by atoms with Gasteiger partial charge in [0.25, 0.3) is 0 Å². The van der Waals surface area contributed by atoms with Gasteiger partial charge in [-0.25, -0.2) is 0 Å². The van der Waals surface area contributed by atoms with Crippen molar-refractivity contribution in [3.05, 3.63) is 53.9 Å². The fraction of sp³-hybridized carbons (Fsp3) is 0.154. The van der Waals surface area contributed by atoms with Crippen molar-refractivity contribution in [3.63, 3.8) is 0 Å². The van der Waals surface area contributed by atoms with Crippen LogP contribution in [0.25, 0.3) is 12.2 Å². The quantitative estimate of drug-likeness (QED) is 0.656. The molecule has 0 atom stereocenters. The largest absolute Gasteiger partial charge is 0.253 e. The average Bonchev–Trinajstić information content (AvgIpc) is 2.14. The highest BCUT2D eigenvalue weighted by molar-refractivity contribution is 5.64. The van der Waals surface area contributed by atoms with Gasteiger partial charge in [-0.05, 0) is 31.6 Å². The van der Waals surface area contributed by atoms with Crippen LogP contribution in [0.5, 0.6) is 0 Å². The number of nitrogens with zero attached hydrogens (tertiary/aromatic N) is 1. The van der Waals surface area contributed by atoms with Crippen molar-refractivity contribution in [2.45, 2.75) is 13.8 Å². The zero-order valence-corrected chi connectivity index (χ0v) is 8.75. The van der Waals surface area contributed by atoms with E-state index in [4.69, 9.17) is 0 Å². The van der Waals surface area contributed by atoms with E-state index in [-0.39, 0.29) is 0 Å². The number of allylic oxidation sites excluding steroid dienone is 2. The van der Waals surface area contributed by atoms with Crippen LogP contribution in [0.2, 0.25) is 0 Å². The highest BCUT2D eigenvalue weighted by Crippen LogP contribution is 2.16. The summed E-state index contributed by atoms with van der Waals surface area (Å²) in [7, 11) is 0. The highest BCUT2D eigenvalue weighted by atomic mass is 14.7. The van der Waals surface area contributed by atoms with Crippen LogP contribution in [0, 0.1) is 13.8 Å². The van der Waals surface area contributed by atoms with Crippen LogP contribution in [-0.2, 0) is 0 Å². The Labute approximate surface area is 85.5 Å². The Hall–Kier alpha value is -1.63. The molecule has 0 bridgehead atoms. The van der Waals surface area contributed by atoms with Gasteiger partial charge in [0.2, 0.25) is 0 Å². The van der Waals surface area contributed by atoms with Gasteiger partial charge in [0, 0.05) is 11.3 Å². The topological polar surface area (TPSA) is 12.9 Å². The maximum atomic E-state index is 4.44. The van der Waals surface area contributed by atoms with E-state index in [2.05, 4.69) is 31.1 Å². The number of hydrogen-bond acceptors (Lipinski definition) is 1. The van der Waals surface area contributed by atoms with Crippen LogP contribution in [-0.4, -0.2) is 4.98 Å². The smallest absolute Gasteiger partial charge is 0.0707 e. The SMILES string of the molecule is C=C/C=C\c1nc(C)cc(C)c1C=C. The molecule has 1 aromatic heterocycles. The minimum absolute atomic E-state index is 0.956. The Morgan fingerprint density at radius 1 is 1.29 bits per heavy atom. The van der Waals surface area contributed by atoms with Gasteiger partial charge in [-0.2, -0.15) is 0 Å². The number of aromatic nitrogens is 1. The second-order valence-corrected chi connectivity index (χ2v) is 3.18. The van der Waals surface area contributed by atoms with E-state index in [0.29, 0.717) is 0 Å². The Kier molecular flexibility index (Phi) is 3.41. The van der Waals surface area contributed by atoms with Gasteiger partial charge in [0.1, 0.15) is 0 Å². The van der Waals surface area contributed by atoms with Crippen molar-refractivity contribution in [2.24, 2.45) is 0 Å². The van der Waals surface area contributed by atoms with Gasteiger partial charge in [-0.15, -0.1) is 0 Å². The molecule has 0 amide bonds. The summed E-state index contributed by atoms with van der Waals surface area (Å²) in [5, 5.41) is 0. The second-order valence-electron chi connectivity index (χ2n) is 3.18. The molecular formula is C13H15N. The Morgan fingerprint density at radius 3 is 2.57 bits per heavy atom. The molecule has 0 N–H and O–H groups in total. The Morgan fingerprint density at radius 2 is 2.00 bits per heavy atom. The van der Waals surface area contributed by atoms with Crippen molar-refractivity contribution in [1.29, 1.82) is 0 Å². The molecule has 0 fully saturated rings. The molecule has 0 unspecified atom stereocenters. The molecule has 0 aromatic carbocycles. The number of aryl methyl sites for hydroxylation is 2. The molecule has 0 aliphatic carbocycles. The predicted octanol–water partition coefficient (Wildman–Crippen LogP) is 3.54. The summed E-state index contributed by atoms with van der Waals surface area (Å²) in [5.74, 6) is 0. The third kappa shape index (κ3) is 2.19. The molecule has 1 heteroatoms. The fourth-order valence-corrected chi connectivity index (χ4v) is 1.43. The third-order valence-electron chi connectivity index (χ3n) is 2.02. The van der Waals surface area contributed by atoms with E-state index < -0.39 is 0 Å². The highest BCUT2D eigenvalue weighted by Gasteiger charge is 2.01. The lowest BCUT2D eigenvalue weighted by atomic mass is 10.1. The van der Waals surface area contributed by atoms with Crippen molar-refractivity contribution in [1.82, 2.24) is 4.98 Å². The average molecular weight is 185 g/mol. The molecule has 14 heavy (non-hydrogen) atoms. The number of pyridine rings is 1. The third-order valence-corrected chi connectivity index (χ3v) is 2.02. The minimum Gasteiger partial charge on any atom is -0.253 e. The first-order chi connectivity index (χ1) is 6.69. The number of rotatable bonds is 3. The van der Waals surface area contributed by atoms with Crippen LogP contribution in [0.4, 0.5) is 0 Å². The molecule has 0 aliphatic heterocycles.